The molecule has 0 aliphatic heterocycles. The van der Waals surface area contributed by atoms with Gasteiger partial charge in [-0.3, -0.25) is 0 Å². The molecule has 1 N–H and O–H groups in total. The molecule has 0 bridgehead atoms. The van der Waals surface area contributed by atoms with E-state index in [-0.39, 0.29) is 0 Å². The second-order valence-electron chi connectivity index (χ2n) is 5.92. The van der Waals surface area contributed by atoms with E-state index < -0.39 is 0 Å². The molecule has 2 rings (SSSR count). The van der Waals surface area contributed by atoms with E-state index in [4.69, 9.17) is 0 Å². The summed E-state index contributed by atoms with van der Waals surface area (Å²) >= 11 is 0. The maximum Gasteiger partial charge on any atom is 0.0495 e. The van der Waals surface area contributed by atoms with Crippen LogP contribution in [0.2, 0.25) is 0 Å². The number of nitrogens with zero attached hydrogens (tertiary/aromatic N) is 1. The summed E-state index contributed by atoms with van der Waals surface area (Å²) in [6, 6.07) is 15.8. The average Bonchev–Trinajstić information content (AvgIpc) is 2.45. The van der Waals surface area contributed by atoms with E-state index in [1.165, 1.54) is 27.9 Å². The van der Waals surface area contributed by atoms with Crippen molar-refractivity contribution < 1.29 is 0 Å². The van der Waals surface area contributed by atoms with Crippen molar-refractivity contribution >= 4 is 5.69 Å². The van der Waals surface area contributed by atoms with Crippen molar-refractivity contribution in [1.29, 1.82) is 0 Å². The van der Waals surface area contributed by atoms with Gasteiger partial charge in [0.1, 0.15) is 0 Å². The molecule has 2 heteroatoms. The highest BCUT2D eigenvalue weighted by atomic mass is 15.1. The predicted molar refractivity (Wildman–Crippen MR) is 92.2 cm³/mol. The Morgan fingerprint density at radius 1 is 0.952 bits per heavy atom. The van der Waals surface area contributed by atoms with Crippen LogP contribution in [0.1, 0.15) is 28.3 Å². The normalized spacial score (nSPS) is 12.2. The minimum Gasteiger partial charge on any atom is -0.372 e. The summed E-state index contributed by atoms with van der Waals surface area (Å²) in [4.78, 5) is 2.33. The van der Waals surface area contributed by atoms with Gasteiger partial charge < -0.3 is 10.2 Å². The second kappa shape index (κ2) is 6.77. The van der Waals surface area contributed by atoms with Crippen molar-refractivity contribution in [2.75, 3.05) is 25.5 Å². The summed E-state index contributed by atoms with van der Waals surface area (Å²) < 4.78 is 0. The first-order valence-corrected chi connectivity index (χ1v) is 7.53. The highest BCUT2D eigenvalue weighted by Gasteiger charge is 2.13. The summed E-state index contributed by atoms with van der Waals surface area (Å²) in [6.45, 7) is 7.39. The summed E-state index contributed by atoms with van der Waals surface area (Å²) in [6.07, 6.45) is 0. The molecule has 112 valence electrons. The van der Waals surface area contributed by atoms with Crippen LogP contribution in [0.25, 0.3) is 0 Å². The Labute approximate surface area is 128 Å². The summed E-state index contributed by atoms with van der Waals surface area (Å²) in [5.74, 6) is 0. The Bertz CT molecular complexity index is 587. The lowest BCUT2D eigenvalue weighted by Gasteiger charge is -2.27. The van der Waals surface area contributed by atoms with Crippen LogP contribution in [0.4, 0.5) is 5.69 Å². The van der Waals surface area contributed by atoms with Gasteiger partial charge in [-0.15, -0.1) is 0 Å². The zero-order valence-corrected chi connectivity index (χ0v) is 13.8. The van der Waals surface area contributed by atoms with Gasteiger partial charge in [0.2, 0.25) is 0 Å². The molecule has 0 radical (unpaired) electrons. The minimum atomic E-state index is 0.330. The molecule has 1 unspecified atom stereocenters. The molecule has 1 atom stereocenters. The van der Waals surface area contributed by atoms with Crippen molar-refractivity contribution in [2.24, 2.45) is 0 Å². The number of benzene rings is 2. The maximum absolute atomic E-state index is 3.43. The molecule has 0 aliphatic rings. The van der Waals surface area contributed by atoms with Crippen LogP contribution in [0, 0.1) is 20.8 Å². The monoisotopic (exact) mass is 282 g/mol. The van der Waals surface area contributed by atoms with Gasteiger partial charge in [-0.1, -0.05) is 47.5 Å². The summed E-state index contributed by atoms with van der Waals surface area (Å²) in [5, 5.41) is 3.43. The quantitative estimate of drug-likeness (QED) is 0.891. The van der Waals surface area contributed by atoms with Crippen LogP contribution in [0.5, 0.6) is 0 Å². The van der Waals surface area contributed by atoms with E-state index in [1.807, 2.05) is 7.05 Å². The van der Waals surface area contributed by atoms with Gasteiger partial charge in [-0.05, 0) is 45.0 Å². The Hall–Kier alpha value is -1.80. The van der Waals surface area contributed by atoms with Crippen molar-refractivity contribution in [3.8, 4) is 0 Å². The number of anilines is 1. The first-order valence-electron chi connectivity index (χ1n) is 7.53. The van der Waals surface area contributed by atoms with Gasteiger partial charge in [-0.2, -0.15) is 0 Å². The van der Waals surface area contributed by atoms with Gasteiger partial charge in [0.25, 0.3) is 0 Å². The van der Waals surface area contributed by atoms with Crippen LogP contribution in [-0.2, 0) is 0 Å². The number of nitrogens with one attached hydrogen (secondary N) is 1. The lowest BCUT2D eigenvalue weighted by Crippen LogP contribution is -2.31. The van der Waals surface area contributed by atoms with Crippen LogP contribution >= 0.6 is 0 Å². The number of likely N-dealkylation sites (N-methyl/N-ethyl adjacent to an activating group) is 2. The first kappa shape index (κ1) is 15.6. The topological polar surface area (TPSA) is 15.3 Å². The lowest BCUT2D eigenvalue weighted by atomic mass is 10.0. The van der Waals surface area contributed by atoms with E-state index in [2.05, 4.69) is 80.5 Å². The van der Waals surface area contributed by atoms with Crippen molar-refractivity contribution in [3.05, 3.63) is 64.7 Å². The minimum absolute atomic E-state index is 0.330. The molecule has 2 nitrogen and oxygen atoms in total. The summed E-state index contributed by atoms with van der Waals surface area (Å²) in [7, 11) is 4.19. The molecule has 0 fully saturated rings. The highest BCUT2D eigenvalue weighted by Crippen LogP contribution is 2.23. The number of hydrogen-bond acceptors (Lipinski definition) is 2. The fourth-order valence-corrected chi connectivity index (χ4v) is 2.77. The Morgan fingerprint density at radius 2 is 1.57 bits per heavy atom. The van der Waals surface area contributed by atoms with Gasteiger partial charge in [0.05, 0.1) is 0 Å². The largest absolute Gasteiger partial charge is 0.372 e. The first-order chi connectivity index (χ1) is 10.0. The molecule has 0 aromatic heterocycles. The molecular weight excluding hydrogens is 256 g/mol. The molecule has 0 saturated carbocycles. The van der Waals surface area contributed by atoms with Crippen LogP contribution in [0.15, 0.2) is 42.5 Å². The fourth-order valence-electron chi connectivity index (χ4n) is 2.77. The van der Waals surface area contributed by atoms with E-state index in [0.29, 0.717) is 6.04 Å². The Kier molecular flexibility index (Phi) is 5.03. The molecule has 0 heterocycles. The molecule has 2 aromatic rings. The van der Waals surface area contributed by atoms with E-state index in [1.54, 1.807) is 0 Å². The standard InChI is InChI=1S/C19H26N2/c1-14-6-9-17(10-7-14)18(20-4)13-21(5)19-11-8-15(2)12-16(19)3/h6-12,18,20H,13H2,1-5H3. The third-order valence-corrected chi connectivity index (χ3v) is 4.05. The summed E-state index contributed by atoms with van der Waals surface area (Å²) in [5.41, 5.74) is 6.58. The van der Waals surface area contributed by atoms with E-state index in [9.17, 15) is 0 Å². The van der Waals surface area contributed by atoms with Crippen LogP contribution in [-0.4, -0.2) is 20.6 Å². The van der Waals surface area contributed by atoms with Gasteiger partial charge >= 0.3 is 0 Å². The third kappa shape index (κ3) is 3.85. The van der Waals surface area contributed by atoms with Gasteiger partial charge in [0.15, 0.2) is 0 Å². The molecule has 21 heavy (non-hydrogen) atoms. The molecule has 0 spiro atoms. The molecule has 2 aromatic carbocycles. The van der Waals surface area contributed by atoms with Gasteiger partial charge in [0, 0.05) is 25.3 Å². The molecule has 0 saturated heterocycles. The number of rotatable bonds is 5. The zero-order valence-electron chi connectivity index (χ0n) is 13.8. The van der Waals surface area contributed by atoms with Gasteiger partial charge in [-0.25, -0.2) is 0 Å². The van der Waals surface area contributed by atoms with Crippen molar-refractivity contribution in [1.82, 2.24) is 5.32 Å². The van der Waals surface area contributed by atoms with Crippen molar-refractivity contribution in [3.63, 3.8) is 0 Å². The highest BCUT2D eigenvalue weighted by molar-refractivity contribution is 5.54. The third-order valence-electron chi connectivity index (χ3n) is 4.05. The average molecular weight is 282 g/mol. The molecule has 0 aliphatic carbocycles. The predicted octanol–water partition coefficient (Wildman–Crippen LogP) is 4.01. The Morgan fingerprint density at radius 3 is 2.14 bits per heavy atom. The lowest BCUT2D eigenvalue weighted by molar-refractivity contribution is 0.589. The molecular formula is C19H26N2. The van der Waals surface area contributed by atoms with E-state index >= 15 is 0 Å². The molecule has 0 amide bonds. The second-order valence-corrected chi connectivity index (χ2v) is 5.92. The maximum atomic E-state index is 3.43. The zero-order chi connectivity index (χ0) is 15.4. The smallest absolute Gasteiger partial charge is 0.0495 e. The van der Waals surface area contributed by atoms with Crippen LogP contribution in [0.3, 0.4) is 0 Å². The number of aryl methyl sites for hydroxylation is 3. The van der Waals surface area contributed by atoms with Crippen LogP contribution < -0.4 is 10.2 Å². The fraction of sp³-hybridized carbons (Fsp3) is 0.368. The van der Waals surface area contributed by atoms with E-state index in [0.717, 1.165) is 6.54 Å². The SMILES string of the molecule is CNC(CN(C)c1ccc(C)cc1C)c1ccc(C)cc1. The Balaban J connectivity index is 2.15. The number of hydrogen-bond donors (Lipinski definition) is 1. The van der Waals surface area contributed by atoms with Crippen molar-refractivity contribution in [2.45, 2.75) is 26.8 Å².